The maximum absolute atomic E-state index is 12.3. The van der Waals surface area contributed by atoms with E-state index in [0.29, 0.717) is 27.7 Å². The van der Waals surface area contributed by atoms with E-state index in [4.69, 9.17) is 10.5 Å². The highest BCUT2D eigenvalue weighted by Crippen LogP contribution is 2.28. The fraction of sp³-hybridized carbons (Fsp3) is 0.308. The zero-order chi connectivity index (χ0) is 14.7. The lowest BCUT2D eigenvalue weighted by Gasteiger charge is -2.11. The van der Waals surface area contributed by atoms with E-state index in [2.05, 4.69) is 14.9 Å². The minimum absolute atomic E-state index is 0.136. The van der Waals surface area contributed by atoms with Crippen LogP contribution in [0.25, 0.3) is 0 Å². The highest BCUT2D eigenvalue weighted by Gasteiger charge is 2.19. The number of hydrogen-bond acceptors (Lipinski definition) is 6. The van der Waals surface area contributed by atoms with E-state index in [0.717, 1.165) is 11.5 Å². The van der Waals surface area contributed by atoms with Crippen molar-refractivity contribution in [2.45, 2.75) is 19.8 Å². The van der Waals surface area contributed by atoms with Crippen molar-refractivity contribution in [1.29, 1.82) is 0 Å². The van der Waals surface area contributed by atoms with Crippen molar-refractivity contribution >= 4 is 28.8 Å². The third-order valence-corrected chi connectivity index (χ3v) is 3.48. The summed E-state index contributed by atoms with van der Waals surface area (Å²) < 4.78 is 9.04. The van der Waals surface area contributed by atoms with Crippen molar-refractivity contribution < 1.29 is 9.53 Å². The molecule has 3 N–H and O–H groups in total. The molecule has 0 aliphatic carbocycles. The summed E-state index contributed by atoms with van der Waals surface area (Å²) in [5.74, 6) is 0.431. The van der Waals surface area contributed by atoms with E-state index < -0.39 is 0 Å². The van der Waals surface area contributed by atoms with Crippen LogP contribution in [0.1, 0.15) is 35.1 Å². The number of rotatable bonds is 4. The number of hydrogen-bond donors (Lipinski definition) is 2. The van der Waals surface area contributed by atoms with Crippen LogP contribution < -0.4 is 15.8 Å². The molecule has 0 saturated heterocycles. The summed E-state index contributed by atoms with van der Waals surface area (Å²) in [4.78, 5) is 12.8. The molecule has 1 aromatic carbocycles. The Morgan fingerprint density at radius 3 is 2.85 bits per heavy atom. The number of anilines is 2. The highest BCUT2D eigenvalue weighted by molar-refractivity contribution is 7.08. The molecule has 0 radical (unpaired) electrons. The lowest BCUT2D eigenvalue weighted by atomic mass is 10.1. The molecule has 1 heterocycles. The van der Waals surface area contributed by atoms with Gasteiger partial charge in [0, 0.05) is 5.69 Å². The number of carbonyl (C=O) groups is 1. The van der Waals surface area contributed by atoms with Gasteiger partial charge in [-0.25, -0.2) is 0 Å². The molecule has 20 heavy (non-hydrogen) atoms. The number of carbonyl (C=O) groups excluding carboxylic acids is 1. The van der Waals surface area contributed by atoms with Crippen molar-refractivity contribution in [3.8, 4) is 5.75 Å². The topological polar surface area (TPSA) is 90.1 Å². The van der Waals surface area contributed by atoms with Crippen LogP contribution in [0, 0.1) is 0 Å². The Labute approximate surface area is 121 Å². The molecule has 0 unspecified atom stereocenters. The van der Waals surface area contributed by atoms with Crippen molar-refractivity contribution in [2.75, 3.05) is 18.2 Å². The number of ether oxygens (including phenoxy) is 1. The second-order valence-corrected chi connectivity index (χ2v) is 5.31. The Morgan fingerprint density at radius 1 is 1.45 bits per heavy atom. The van der Waals surface area contributed by atoms with Gasteiger partial charge < -0.3 is 15.8 Å². The first-order valence-electron chi connectivity index (χ1n) is 6.10. The van der Waals surface area contributed by atoms with Gasteiger partial charge in [0.15, 0.2) is 0 Å². The monoisotopic (exact) mass is 292 g/mol. The van der Waals surface area contributed by atoms with Crippen LogP contribution in [-0.2, 0) is 0 Å². The van der Waals surface area contributed by atoms with Gasteiger partial charge in [-0.2, -0.15) is 0 Å². The Kier molecular flexibility index (Phi) is 4.19. The number of nitrogen functional groups attached to an aromatic ring is 1. The van der Waals surface area contributed by atoms with Gasteiger partial charge in [0.1, 0.15) is 10.6 Å². The number of aromatic nitrogens is 2. The first-order valence-corrected chi connectivity index (χ1v) is 6.87. The average molecular weight is 292 g/mol. The fourth-order valence-electron chi connectivity index (χ4n) is 1.74. The molecule has 0 atom stereocenters. The quantitative estimate of drug-likeness (QED) is 0.845. The molecule has 0 fully saturated rings. The number of nitrogens with zero attached hydrogens (tertiary/aromatic N) is 2. The van der Waals surface area contributed by atoms with Gasteiger partial charge >= 0.3 is 0 Å². The normalized spacial score (nSPS) is 10.6. The molecule has 6 nitrogen and oxygen atoms in total. The molecule has 0 bridgehead atoms. The van der Waals surface area contributed by atoms with E-state index in [9.17, 15) is 4.79 Å². The van der Waals surface area contributed by atoms with Gasteiger partial charge in [0.2, 0.25) is 0 Å². The van der Waals surface area contributed by atoms with Gasteiger partial charge in [-0.15, -0.1) is 5.10 Å². The Balaban J connectivity index is 2.28. The number of amides is 1. The maximum atomic E-state index is 12.3. The molecule has 0 aliphatic heterocycles. The molecule has 1 aromatic heterocycles. The van der Waals surface area contributed by atoms with Crippen LogP contribution in [0.15, 0.2) is 18.2 Å². The SMILES string of the molecule is COc1ccc(N)cc1NC(=O)c1snnc1C(C)C. The van der Waals surface area contributed by atoms with E-state index in [-0.39, 0.29) is 11.8 Å². The minimum Gasteiger partial charge on any atom is -0.495 e. The second kappa shape index (κ2) is 5.87. The molecule has 106 valence electrons. The number of nitrogens with one attached hydrogen (secondary N) is 1. The predicted octanol–water partition coefficient (Wildman–Crippen LogP) is 2.50. The number of benzene rings is 1. The minimum atomic E-state index is -0.257. The summed E-state index contributed by atoms with van der Waals surface area (Å²) in [6, 6.07) is 5.07. The van der Waals surface area contributed by atoms with Crippen LogP contribution in [0.3, 0.4) is 0 Å². The summed E-state index contributed by atoms with van der Waals surface area (Å²) in [5, 5.41) is 6.78. The van der Waals surface area contributed by atoms with Crippen LogP contribution in [0.4, 0.5) is 11.4 Å². The molecule has 7 heteroatoms. The van der Waals surface area contributed by atoms with Gasteiger partial charge in [0.25, 0.3) is 5.91 Å². The van der Waals surface area contributed by atoms with Crippen molar-refractivity contribution in [2.24, 2.45) is 0 Å². The Hall–Kier alpha value is -2.15. The van der Waals surface area contributed by atoms with Crippen LogP contribution >= 0.6 is 11.5 Å². The second-order valence-electron chi connectivity index (χ2n) is 4.56. The lowest BCUT2D eigenvalue weighted by molar-refractivity contribution is 0.102. The average Bonchev–Trinajstić information content (AvgIpc) is 2.88. The van der Waals surface area contributed by atoms with Crippen LogP contribution in [0.5, 0.6) is 5.75 Å². The van der Waals surface area contributed by atoms with E-state index >= 15 is 0 Å². The molecule has 0 spiro atoms. The third kappa shape index (κ3) is 2.88. The van der Waals surface area contributed by atoms with Gasteiger partial charge in [-0.1, -0.05) is 18.3 Å². The molecule has 0 saturated carbocycles. The summed E-state index contributed by atoms with van der Waals surface area (Å²) in [6.07, 6.45) is 0. The predicted molar refractivity (Wildman–Crippen MR) is 79.4 cm³/mol. The smallest absolute Gasteiger partial charge is 0.269 e. The fourth-order valence-corrected chi connectivity index (χ4v) is 2.45. The van der Waals surface area contributed by atoms with E-state index in [1.807, 2.05) is 13.8 Å². The van der Waals surface area contributed by atoms with Gasteiger partial charge in [-0.05, 0) is 35.6 Å². The lowest BCUT2D eigenvalue weighted by Crippen LogP contribution is -2.14. The Morgan fingerprint density at radius 2 is 2.20 bits per heavy atom. The summed E-state index contributed by atoms with van der Waals surface area (Å²) in [5.41, 5.74) is 7.49. The van der Waals surface area contributed by atoms with E-state index in [1.54, 1.807) is 18.2 Å². The molecule has 2 rings (SSSR count). The molecule has 2 aromatic rings. The van der Waals surface area contributed by atoms with Crippen molar-refractivity contribution in [3.05, 3.63) is 28.8 Å². The zero-order valence-electron chi connectivity index (χ0n) is 11.5. The summed E-state index contributed by atoms with van der Waals surface area (Å²) >= 11 is 1.08. The highest BCUT2D eigenvalue weighted by atomic mass is 32.1. The molecule has 1 amide bonds. The number of nitrogens with two attached hydrogens (primary N) is 1. The van der Waals surface area contributed by atoms with Gasteiger partial charge in [0.05, 0.1) is 18.5 Å². The molecular weight excluding hydrogens is 276 g/mol. The van der Waals surface area contributed by atoms with Crippen molar-refractivity contribution in [1.82, 2.24) is 9.59 Å². The molecular formula is C13H16N4O2S. The molecule has 0 aliphatic rings. The summed E-state index contributed by atoms with van der Waals surface area (Å²) in [7, 11) is 1.54. The standard InChI is InChI=1S/C13H16N4O2S/c1-7(2)11-12(20-17-16-11)13(18)15-9-6-8(14)4-5-10(9)19-3/h4-7H,14H2,1-3H3,(H,15,18). The summed E-state index contributed by atoms with van der Waals surface area (Å²) in [6.45, 7) is 3.93. The van der Waals surface area contributed by atoms with Crippen LogP contribution in [0.2, 0.25) is 0 Å². The zero-order valence-corrected chi connectivity index (χ0v) is 12.3. The largest absolute Gasteiger partial charge is 0.495 e. The first kappa shape index (κ1) is 14.3. The van der Waals surface area contributed by atoms with Crippen LogP contribution in [-0.4, -0.2) is 22.6 Å². The maximum Gasteiger partial charge on any atom is 0.269 e. The Bertz CT molecular complexity index is 625. The van der Waals surface area contributed by atoms with Gasteiger partial charge in [-0.3, -0.25) is 4.79 Å². The van der Waals surface area contributed by atoms with Crippen molar-refractivity contribution in [3.63, 3.8) is 0 Å². The first-order chi connectivity index (χ1) is 9.52. The van der Waals surface area contributed by atoms with E-state index in [1.165, 1.54) is 7.11 Å². The third-order valence-electron chi connectivity index (χ3n) is 2.74. The number of methoxy groups -OCH3 is 1.